The highest BCUT2D eigenvalue weighted by molar-refractivity contribution is 6.32. The Morgan fingerprint density at radius 1 is 1.27 bits per heavy atom. The maximum absolute atomic E-state index is 12.8. The molecule has 30 heavy (non-hydrogen) atoms. The fraction of sp³-hybridized carbons (Fsp3) is 0.316. The number of methoxy groups -OCH3 is 1. The van der Waals surface area contributed by atoms with E-state index in [0.29, 0.717) is 53.7 Å². The van der Waals surface area contributed by atoms with E-state index in [4.69, 9.17) is 21.9 Å². The van der Waals surface area contributed by atoms with Gasteiger partial charge in [0.1, 0.15) is 17.8 Å². The van der Waals surface area contributed by atoms with Crippen molar-refractivity contribution in [2.75, 3.05) is 38.2 Å². The first kappa shape index (κ1) is 19.8. The number of hydrogen-bond acceptors (Lipinski definition) is 6. The number of rotatable bonds is 5. The van der Waals surface area contributed by atoms with E-state index in [-0.39, 0.29) is 12.5 Å². The summed E-state index contributed by atoms with van der Waals surface area (Å²) in [5.74, 6) is 0.606. The molecule has 0 saturated carbocycles. The summed E-state index contributed by atoms with van der Waals surface area (Å²) in [6.45, 7) is 2.72. The van der Waals surface area contributed by atoms with E-state index in [9.17, 15) is 4.79 Å². The molecule has 0 N–H and O–H groups in total. The molecule has 3 aromatic rings. The Kier molecular flexibility index (Phi) is 5.60. The van der Waals surface area contributed by atoms with Crippen molar-refractivity contribution in [3.05, 3.63) is 52.1 Å². The van der Waals surface area contributed by atoms with Gasteiger partial charge in [0.2, 0.25) is 5.91 Å². The van der Waals surface area contributed by atoms with Crippen molar-refractivity contribution in [2.45, 2.75) is 6.54 Å². The number of hydrogen-bond donors (Lipinski definition) is 0. The zero-order chi connectivity index (χ0) is 21.1. The van der Waals surface area contributed by atoms with Crippen LogP contribution in [0.2, 0.25) is 5.02 Å². The first-order chi connectivity index (χ1) is 14.6. The number of aromatic nitrogens is 3. The molecule has 2 aromatic heterocycles. The molecule has 1 aliphatic heterocycles. The van der Waals surface area contributed by atoms with Gasteiger partial charge in [0.25, 0.3) is 0 Å². The van der Waals surface area contributed by atoms with Crippen LogP contribution in [0.4, 0.5) is 11.4 Å². The molecule has 0 bridgehead atoms. The molecule has 1 fully saturated rings. The summed E-state index contributed by atoms with van der Waals surface area (Å²) in [7, 11) is 1.59. The second-order valence-electron chi connectivity index (χ2n) is 6.78. The number of benzene rings is 1. The van der Waals surface area contributed by atoms with Crippen LogP contribution in [0.25, 0.3) is 21.5 Å². The van der Waals surface area contributed by atoms with Crippen molar-refractivity contribution in [3.63, 3.8) is 0 Å². The molecule has 0 radical (unpaired) electrons. The summed E-state index contributed by atoms with van der Waals surface area (Å²) in [5, 5.41) is 8.39. The van der Waals surface area contributed by atoms with Gasteiger partial charge in [0, 0.05) is 49.0 Å². The standard InChI is InChI=1S/C19H19ClN8O2/c1-30-18-9-14(2-3-15(18)20)26-4-6-27(7-5-26)19(29)12-28-17-8-13(24-25-21)10-22-16(17)11-23-28/h2-3,8-11H,4-7,12H2,1H3. The third-order valence-corrected chi connectivity index (χ3v) is 5.37. The molecule has 1 aliphatic rings. The smallest absolute Gasteiger partial charge is 0.244 e. The third kappa shape index (κ3) is 3.96. The number of amides is 1. The zero-order valence-corrected chi connectivity index (χ0v) is 17.0. The molecule has 1 amide bonds. The SMILES string of the molecule is COc1cc(N2CCN(C(=O)Cn3ncc4ncc(N=[N+]=[N-])cc43)CC2)ccc1Cl. The molecule has 154 valence electrons. The van der Waals surface area contributed by atoms with Crippen molar-refractivity contribution in [2.24, 2.45) is 5.11 Å². The lowest BCUT2D eigenvalue weighted by atomic mass is 10.2. The minimum absolute atomic E-state index is 0.0254. The van der Waals surface area contributed by atoms with Gasteiger partial charge >= 0.3 is 0 Å². The predicted molar refractivity (Wildman–Crippen MR) is 113 cm³/mol. The summed E-state index contributed by atoms with van der Waals surface area (Å²) in [6, 6.07) is 7.35. The minimum atomic E-state index is -0.0254. The average molecular weight is 427 g/mol. The normalized spacial score (nSPS) is 13.9. The van der Waals surface area contributed by atoms with Gasteiger partial charge in [-0.3, -0.25) is 14.5 Å². The fourth-order valence-electron chi connectivity index (χ4n) is 3.47. The maximum Gasteiger partial charge on any atom is 0.244 e. The number of fused-ring (bicyclic) bond motifs is 1. The van der Waals surface area contributed by atoms with E-state index in [0.717, 1.165) is 5.69 Å². The Morgan fingerprint density at radius 2 is 2.07 bits per heavy atom. The number of azide groups is 1. The van der Waals surface area contributed by atoms with Gasteiger partial charge in [-0.1, -0.05) is 16.7 Å². The highest BCUT2D eigenvalue weighted by Crippen LogP contribution is 2.30. The first-order valence-electron chi connectivity index (χ1n) is 9.32. The van der Waals surface area contributed by atoms with Crippen LogP contribution in [0.5, 0.6) is 5.75 Å². The Balaban J connectivity index is 1.42. The molecule has 0 unspecified atom stereocenters. The number of pyridine rings is 1. The molecule has 3 heterocycles. The Morgan fingerprint density at radius 3 is 2.80 bits per heavy atom. The molecule has 1 saturated heterocycles. The van der Waals surface area contributed by atoms with Crippen molar-refractivity contribution < 1.29 is 9.53 Å². The quantitative estimate of drug-likeness (QED) is 0.352. The molecule has 0 aliphatic carbocycles. The van der Waals surface area contributed by atoms with E-state index < -0.39 is 0 Å². The van der Waals surface area contributed by atoms with Crippen LogP contribution in [0.1, 0.15) is 0 Å². The van der Waals surface area contributed by atoms with Crippen LogP contribution in [0, 0.1) is 0 Å². The monoisotopic (exact) mass is 426 g/mol. The van der Waals surface area contributed by atoms with E-state index in [1.165, 1.54) is 6.20 Å². The highest BCUT2D eigenvalue weighted by atomic mass is 35.5. The number of piperazine rings is 1. The van der Waals surface area contributed by atoms with Crippen molar-refractivity contribution in [3.8, 4) is 5.75 Å². The summed E-state index contributed by atoms with van der Waals surface area (Å²) < 4.78 is 6.87. The molecule has 0 spiro atoms. The van der Waals surface area contributed by atoms with Crippen LogP contribution in [-0.4, -0.2) is 58.9 Å². The van der Waals surface area contributed by atoms with E-state index in [1.54, 1.807) is 24.1 Å². The molecular weight excluding hydrogens is 408 g/mol. The molecule has 1 aromatic carbocycles. The van der Waals surface area contributed by atoms with Gasteiger partial charge in [-0.05, 0) is 23.7 Å². The fourth-order valence-corrected chi connectivity index (χ4v) is 3.66. The lowest BCUT2D eigenvalue weighted by Gasteiger charge is -2.36. The second-order valence-corrected chi connectivity index (χ2v) is 7.18. The summed E-state index contributed by atoms with van der Waals surface area (Å²) in [6.07, 6.45) is 3.06. The summed E-state index contributed by atoms with van der Waals surface area (Å²) in [5.41, 5.74) is 11.3. The number of carbonyl (C=O) groups excluding carboxylic acids is 1. The molecule has 0 atom stereocenters. The Labute approximate surface area is 177 Å². The van der Waals surface area contributed by atoms with Gasteiger partial charge in [-0.25, -0.2) is 0 Å². The zero-order valence-electron chi connectivity index (χ0n) is 16.3. The number of carbonyl (C=O) groups is 1. The van der Waals surface area contributed by atoms with Crippen LogP contribution in [-0.2, 0) is 11.3 Å². The molecule has 10 nitrogen and oxygen atoms in total. The van der Waals surface area contributed by atoms with E-state index >= 15 is 0 Å². The number of anilines is 1. The number of nitrogens with zero attached hydrogens (tertiary/aromatic N) is 8. The average Bonchev–Trinajstić information content (AvgIpc) is 3.16. The van der Waals surface area contributed by atoms with Crippen LogP contribution in [0.3, 0.4) is 0 Å². The molecular formula is C19H19ClN8O2. The van der Waals surface area contributed by atoms with Crippen LogP contribution >= 0.6 is 11.6 Å². The van der Waals surface area contributed by atoms with Crippen molar-refractivity contribution in [1.29, 1.82) is 0 Å². The van der Waals surface area contributed by atoms with Crippen LogP contribution in [0.15, 0.2) is 41.8 Å². The predicted octanol–water partition coefficient (Wildman–Crippen LogP) is 3.38. The van der Waals surface area contributed by atoms with Crippen molar-refractivity contribution >= 4 is 39.9 Å². The summed E-state index contributed by atoms with van der Waals surface area (Å²) >= 11 is 6.10. The van der Waals surface area contributed by atoms with E-state index in [1.807, 2.05) is 23.1 Å². The van der Waals surface area contributed by atoms with Gasteiger partial charge in [-0.15, -0.1) is 0 Å². The largest absolute Gasteiger partial charge is 0.495 e. The molecule has 4 rings (SSSR count). The Bertz CT molecular complexity index is 1130. The Hall–Kier alpha value is -3.49. The highest BCUT2D eigenvalue weighted by Gasteiger charge is 2.22. The minimum Gasteiger partial charge on any atom is -0.495 e. The van der Waals surface area contributed by atoms with Gasteiger partial charge in [0.05, 0.1) is 29.5 Å². The maximum atomic E-state index is 12.8. The topological polar surface area (TPSA) is 112 Å². The second kappa shape index (κ2) is 8.48. The summed E-state index contributed by atoms with van der Waals surface area (Å²) in [4.78, 5) is 23.8. The van der Waals surface area contributed by atoms with E-state index in [2.05, 4.69) is 25.0 Å². The molecule has 11 heteroatoms. The first-order valence-corrected chi connectivity index (χ1v) is 9.70. The lowest BCUT2D eigenvalue weighted by Crippen LogP contribution is -2.49. The van der Waals surface area contributed by atoms with Crippen molar-refractivity contribution in [1.82, 2.24) is 19.7 Å². The van der Waals surface area contributed by atoms with Gasteiger partial charge in [0.15, 0.2) is 0 Å². The number of halogens is 1. The lowest BCUT2D eigenvalue weighted by molar-refractivity contribution is -0.132. The van der Waals surface area contributed by atoms with Crippen LogP contribution < -0.4 is 9.64 Å². The third-order valence-electron chi connectivity index (χ3n) is 5.06. The van der Waals surface area contributed by atoms with Gasteiger partial charge < -0.3 is 14.5 Å². The van der Waals surface area contributed by atoms with Gasteiger partial charge in [-0.2, -0.15) is 5.10 Å². The number of ether oxygens (including phenoxy) is 1.